The van der Waals surface area contributed by atoms with Gasteiger partial charge in [0, 0.05) is 38.9 Å². The van der Waals surface area contributed by atoms with Gasteiger partial charge >= 0.3 is 0 Å². The van der Waals surface area contributed by atoms with Gasteiger partial charge in [0.05, 0.1) is 15.6 Å². The first-order valence-corrected chi connectivity index (χ1v) is 9.90. The van der Waals surface area contributed by atoms with Crippen molar-refractivity contribution in [2.45, 2.75) is 9.79 Å². The standard InChI is InChI=1S/C20H10ClFN2S2/c21-15-10-12(22)9-14-17-19(13-3-1-2-4-16(13)25-18(14)15)26-20(24-17)11-5-7-23-8-6-11/h1-10H. The van der Waals surface area contributed by atoms with Crippen molar-refractivity contribution in [1.82, 2.24) is 9.97 Å². The summed E-state index contributed by atoms with van der Waals surface area (Å²) in [6.45, 7) is 0. The van der Waals surface area contributed by atoms with Gasteiger partial charge in [0.15, 0.2) is 0 Å². The highest BCUT2D eigenvalue weighted by molar-refractivity contribution is 7.99. The molecule has 0 radical (unpaired) electrons. The quantitative estimate of drug-likeness (QED) is 0.311. The molecule has 2 aromatic heterocycles. The van der Waals surface area contributed by atoms with E-state index in [-0.39, 0.29) is 5.82 Å². The molecule has 0 fully saturated rings. The zero-order valence-corrected chi connectivity index (χ0v) is 15.6. The Morgan fingerprint density at radius 1 is 0.962 bits per heavy atom. The molecule has 2 nitrogen and oxygen atoms in total. The van der Waals surface area contributed by atoms with Crippen molar-refractivity contribution in [2.75, 3.05) is 0 Å². The fraction of sp³-hybridized carbons (Fsp3) is 0. The van der Waals surface area contributed by atoms with Gasteiger partial charge in [-0.15, -0.1) is 11.3 Å². The molecule has 0 unspecified atom stereocenters. The van der Waals surface area contributed by atoms with E-state index in [1.54, 1.807) is 35.5 Å². The molecule has 0 N–H and O–H groups in total. The molecule has 1 aliphatic heterocycles. The summed E-state index contributed by atoms with van der Waals surface area (Å²) in [6.07, 6.45) is 3.49. The number of fused-ring (bicyclic) bond motifs is 5. The van der Waals surface area contributed by atoms with Crippen molar-refractivity contribution in [3.63, 3.8) is 0 Å². The fourth-order valence-electron chi connectivity index (χ4n) is 3.00. The molecule has 0 aliphatic carbocycles. The molecule has 0 saturated heterocycles. The highest BCUT2D eigenvalue weighted by Gasteiger charge is 2.26. The predicted octanol–water partition coefficient (Wildman–Crippen LogP) is 6.80. The fourth-order valence-corrected chi connectivity index (χ4v) is 5.58. The minimum absolute atomic E-state index is 0.357. The molecule has 0 atom stereocenters. The summed E-state index contributed by atoms with van der Waals surface area (Å²) in [4.78, 5) is 11.9. The second-order valence-electron chi connectivity index (χ2n) is 5.80. The van der Waals surface area contributed by atoms with Crippen LogP contribution in [0.15, 0.2) is 70.7 Å². The van der Waals surface area contributed by atoms with Crippen LogP contribution in [-0.4, -0.2) is 9.97 Å². The monoisotopic (exact) mass is 396 g/mol. The third kappa shape index (κ3) is 2.55. The summed E-state index contributed by atoms with van der Waals surface area (Å²) in [5.41, 5.74) is 3.60. The Labute approximate surface area is 162 Å². The van der Waals surface area contributed by atoms with Crippen molar-refractivity contribution in [3.05, 3.63) is 71.8 Å². The van der Waals surface area contributed by atoms with Crippen molar-refractivity contribution < 1.29 is 4.39 Å². The number of hydrogen-bond acceptors (Lipinski definition) is 4. The number of halogens is 2. The smallest absolute Gasteiger partial charge is 0.125 e. The molecular formula is C20H10ClFN2S2. The first-order chi connectivity index (χ1) is 12.7. The van der Waals surface area contributed by atoms with E-state index >= 15 is 0 Å². The lowest BCUT2D eigenvalue weighted by atomic mass is 10.1. The van der Waals surface area contributed by atoms with Gasteiger partial charge in [0.2, 0.25) is 0 Å². The van der Waals surface area contributed by atoms with Crippen LogP contribution >= 0.6 is 34.7 Å². The van der Waals surface area contributed by atoms with Gasteiger partial charge in [0.1, 0.15) is 10.8 Å². The zero-order chi connectivity index (χ0) is 17.7. The Bertz CT molecular complexity index is 1140. The van der Waals surface area contributed by atoms with Gasteiger partial charge in [-0.3, -0.25) is 4.98 Å². The van der Waals surface area contributed by atoms with Gasteiger partial charge in [-0.2, -0.15) is 0 Å². The van der Waals surface area contributed by atoms with Crippen molar-refractivity contribution in [1.29, 1.82) is 0 Å². The normalized spacial score (nSPS) is 12.1. The summed E-state index contributed by atoms with van der Waals surface area (Å²) in [5, 5.41) is 1.29. The third-order valence-corrected chi connectivity index (χ3v) is 6.93. The van der Waals surface area contributed by atoms with Crippen LogP contribution in [0.3, 0.4) is 0 Å². The molecule has 126 valence electrons. The van der Waals surface area contributed by atoms with Crippen molar-refractivity contribution in [3.8, 4) is 32.3 Å². The Morgan fingerprint density at radius 3 is 2.62 bits per heavy atom. The zero-order valence-electron chi connectivity index (χ0n) is 13.2. The van der Waals surface area contributed by atoms with Crippen molar-refractivity contribution in [2.24, 2.45) is 0 Å². The number of rotatable bonds is 1. The molecule has 1 aliphatic rings. The number of benzene rings is 2. The largest absolute Gasteiger partial charge is 0.265 e. The van der Waals surface area contributed by atoms with Gasteiger partial charge in [0.25, 0.3) is 0 Å². The van der Waals surface area contributed by atoms with Gasteiger partial charge in [-0.1, -0.05) is 41.6 Å². The number of pyridine rings is 1. The maximum Gasteiger partial charge on any atom is 0.125 e. The van der Waals surface area contributed by atoms with Crippen LogP contribution in [0.25, 0.3) is 32.3 Å². The van der Waals surface area contributed by atoms with E-state index in [0.29, 0.717) is 5.02 Å². The molecule has 0 spiro atoms. The first kappa shape index (κ1) is 16.0. The molecular weight excluding hydrogens is 387 g/mol. The molecule has 3 heterocycles. The van der Waals surface area contributed by atoms with Gasteiger partial charge in [-0.05, 0) is 30.3 Å². The molecule has 6 heteroatoms. The second kappa shape index (κ2) is 6.20. The van der Waals surface area contributed by atoms with E-state index in [4.69, 9.17) is 16.6 Å². The Balaban J connectivity index is 1.85. The maximum absolute atomic E-state index is 14.1. The van der Waals surface area contributed by atoms with Gasteiger partial charge in [-0.25, -0.2) is 9.37 Å². The molecule has 5 rings (SSSR count). The first-order valence-electron chi connectivity index (χ1n) is 7.88. The van der Waals surface area contributed by atoms with Crippen LogP contribution in [0.1, 0.15) is 0 Å². The van der Waals surface area contributed by atoms with E-state index in [1.165, 1.54) is 12.1 Å². The average Bonchev–Trinajstić information content (AvgIpc) is 3.05. The van der Waals surface area contributed by atoms with Crippen LogP contribution < -0.4 is 0 Å². The summed E-state index contributed by atoms with van der Waals surface area (Å²) in [7, 11) is 0. The molecule has 0 saturated carbocycles. The third-order valence-electron chi connectivity index (χ3n) is 4.16. The number of aromatic nitrogens is 2. The van der Waals surface area contributed by atoms with E-state index in [9.17, 15) is 4.39 Å². The summed E-state index contributed by atoms with van der Waals surface area (Å²) in [5.74, 6) is -0.357. The topological polar surface area (TPSA) is 25.8 Å². The lowest BCUT2D eigenvalue weighted by Crippen LogP contribution is -1.87. The Hall–Kier alpha value is -2.21. The summed E-state index contributed by atoms with van der Waals surface area (Å²) < 4.78 is 14.1. The van der Waals surface area contributed by atoms with Crippen LogP contribution in [0.5, 0.6) is 0 Å². The lowest BCUT2D eigenvalue weighted by molar-refractivity contribution is 0.627. The highest BCUT2D eigenvalue weighted by Crippen LogP contribution is 2.52. The van der Waals surface area contributed by atoms with Crippen LogP contribution in [0, 0.1) is 5.82 Å². The van der Waals surface area contributed by atoms with Crippen LogP contribution in [-0.2, 0) is 0 Å². The summed E-state index contributed by atoms with van der Waals surface area (Å²) in [6, 6.07) is 14.9. The van der Waals surface area contributed by atoms with E-state index in [1.807, 2.05) is 24.3 Å². The molecule has 0 bridgehead atoms. The van der Waals surface area contributed by atoms with E-state index < -0.39 is 0 Å². The number of thiazole rings is 1. The summed E-state index contributed by atoms with van der Waals surface area (Å²) >= 11 is 9.54. The van der Waals surface area contributed by atoms with Crippen LogP contribution in [0.4, 0.5) is 4.39 Å². The SMILES string of the molecule is Fc1cc(Cl)c2c(c1)-c1nc(-c3ccncc3)sc1-c1ccccc1S2. The molecule has 4 aromatic rings. The molecule has 26 heavy (non-hydrogen) atoms. The van der Waals surface area contributed by atoms with E-state index in [2.05, 4.69) is 17.1 Å². The van der Waals surface area contributed by atoms with Crippen LogP contribution in [0.2, 0.25) is 5.02 Å². The Kier molecular flexibility index (Phi) is 3.81. The molecule has 2 aromatic carbocycles. The van der Waals surface area contributed by atoms with Crippen molar-refractivity contribution >= 4 is 34.7 Å². The Morgan fingerprint density at radius 2 is 1.77 bits per heavy atom. The highest BCUT2D eigenvalue weighted by atomic mass is 35.5. The predicted molar refractivity (Wildman–Crippen MR) is 105 cm³/mol. The minimum Gasteiger partial charge on any atom is -0.265 e. The number of nitrogens with zero attached hydrogens (tertiary/aromatic N) is 2. The lowest BCUT2D eigenvalue weighted by Gasteiger charge is -2.08. The molecule has 0 amide bonds. The maximum atomic E-state index is 14.1. The second-order valence-corrected chi connectivity index (χ2v) is 8.25. The number of hydrogen-bond donors (Lipinski definition) is 0. The van der Waals surface area contributed by atoms with E-state index in [0.717, 1.165) is 42.1 Å². The van der Waals surface area contributed by atoms with Gasteiger partial charge < -0.3 is 0 Å². The minimum atomic E-state index is -0.357. The average molecular weight is 397 g/mol.